The summed E-state index contributed by atoms with van der Waals surface area (Å²) in [6.07, 6.45) is 0.696. The second kappa shape index (κ2) is 8.69. The molecular weight excluding hydrogens is 330 g/mol. The molecule has 2 aromatic rings. The molecule has 0 aromatic heterocycles. The SMILES string of the molecule is CCOc1ccc(CNC(=O)C2CC(c3ccc(OC)cc3)NN2)cc1. The minimum Gasteiger partial charge on any atom is -0.497 e. The smallest absolute Gasteiger partial charge is 0.238 e. The van der Waals surface area contributed by atoms with Crippen LogP contribution >= 0.6 is 0 Å². The van der Waals surface area contributed by atoms with Gasteiger partial charge in [0.25, 0.3) is 0 Å². The normalized spacial score (nSPS) is 19.2. The van der Waals surface area contributed by atoms with Crippen molar-refractivity contribution in [3.63, 3.8) is 0 Å². The first kappa shape index (κ1) is 18.2. The maximum absolute atomic E-state index is 12.4. The number of hydrogen-bond donors (Lipinski definition) is 3. The highest BCUT2D eigenvalue weighted by Gasteiger charge is 2.29. The Balaban J connectivity index is 1.49. The largest absolute Gasteiger partial charge is 0.497 e. The van der Waals surface area contributed by atoms with Gasteiger partial charge in [0.15, 0.2) is 0 Å². The molecule has 1 aliphatic rings. The van der Waals surface area contributed by atoms with Crippen LogP contribution in [-0.4, -0.2) is 25.7 Å². The summed E-state index contributed by atoms with van der Waals surface area (Å²) in [5, 5.41) is 2.98. The lowest BCUT2D eigenvalue weighted by molar-refractivity contribution is -0.123. The molecule has 1 heterocycles. The zero-order chi connectivity index (χ0) is 18.4. The number of nitrogens with one attached hydrogen (secondary N) is 3. The van der Waals surface area contributed by atoms with Crippen molar-refractivity contribution in [3.8, 4) is 11.5 Å². The highest BCUT2D eigenvalue weighted by molar-refractivity contribution is 5.82. The molecular formula is C20H25N3O3. The molecule has 0 bridgehead atoms. The zero-order valence-corrected chi connectivity index (χ0v) is 15.1. The third-order valence-electron chi connectivity index (χ3n) is 4.44. The number of methoxy groups -OCH3 is 1. The quantitative estimate of drug-likeness (QED) is 0.711. The van der Waals surface area contributed by atoms with E-state index in [1.54, 1.807) is 7.11 Å². The monoisotopic (exact) mass is 355 g/mol. The van der Waals surface area contributed by atoms with Crippen LogP contribution < -0.4 is 25.6 Å². The van der Waals surface area contributed by atoms with Gasteiger partial charge in [-0.05, 0) is 48.7 Å². The minimum absolute atomic E-state index is 0.0117. The van der Waals surface area contributed by atoms with E-state index in [4.69, 9.17) is 9.47 Å². The molecule has 26 heavy (non-hydrogen) atoms. The first-order chi connectivity index (χ1) is 12.7. The van der Waals surface area contributed by atoms with Crippen LogP contribution in [0.2, 0.25) is 0 Å². The molecule has 1 amide bonds. The number of hydrazine groups is 1. The summed E-state index contributed by atoms with van der Waals surface area (Å²) < 4.78 is 10.6. The van der Waals surface area contributed by atoms with Crippen LogP contribution in [0.25, 0.3) is 0 Å². The summed E-state index contributed by atoms with van der Waals surface area (Å²) in [5.41, 5.74) is 8.44. The van der Waals surface area contributed by atoms with E-state index in [-0.39, 0.29) is 18.0 Å². The first-order valence-electron chi connectivity index (χ1n) is 8.84. The van der Waals surface area contributed by atoms with Crippen molar-refractivity contribution < 1.29 is 14.3 Å². The average Bonchev–Trinajstić information content (AvgIpc) is 3.18. The fourth-order valence-corrected chi connectivity index (χ4v) is 2.97. The Morgan fingerprint density at radius 2 is 1.77 bits per heavy atom. The number of ether oxygens (including phenoxy) is 2. The van der Waals surface area contributed by atoms with E-state index in [2.05, 4.69) is 16.2 Å². The van der Waals surface area contributed by atoms with Crippen LogP contribution in [0, 0.1) is 0 Å². The van der Waals surface area contributed by atoms with E-state index in [1.807, 2.05) is 55.5 Å². The van der Waals surface area contributed by atoms with E-state index >= 15 is 0 Å². The minimum atomic E-state index is -0.259. The molecule has 1 saturated heterocycles. The van der Waals surface area contributed by atoms with Crippen molar-refractivity contribution in [2.75, 3.05) is 13.7 Å². The van der Waals surface area contributed by atoms with Crippen LogP contribution in [0.5, 0.6) is 11.5 Å². The molecule has 2 aromatic carbocycles. The lowest BCUT2D eigenvalue weighted by Gasteiger charge is -2.11. The Morgan fingerprint density at radius 1 is 1.08 bits per heavy atom. The van der Waals surface area contributed by atoms with Crippen molar-refractivity contribution in [2.45, 2.75) is 32.0 Å². The van der Waals surface area contributed by atoms with Crippen LogP contribution in [0.15, 0.2) is 48.5 Å². The molecule has 0 radical (unpaired) electrons. The fraction of sp³-hybridized carbons (Fsp3) is 0.350. The first-order valence-corrected chi connectivity index (χ1v) is 8.84. The summed E-state index contributed by atoms with van der Waals surface area (Å²) in [6, 6.07) is 15.5. The average molecular weight is 355 g/mol. The second-order valence-electron chi connectivity index (χ2n) is 6.20. The van der Waals surface area contributed by atoms with E-state index in [1.165, 1.54) is 0 Å². The lowest BCUT2D eigenvalue weighted by atomic mass is 10.0. The Hall–Kier alpha value is -2.57. The van der Waals surface area contributed by atoms with E-state index in [0.717, 1.165) is 22.6 Å². The molecule has 0 aliphatic carbocycles. The number of benzene rings is 2. The maximum Gasteiger partial charge on any atom is 0.238 e. The Morgan fingerprint density at radius 3 is 2.42 bits per heavy atom. The predicted octanol–water partition coefficient (Wildman–Crippen LogP) is 2.32. The third kappa shape index (κ3) is 4.53. The molecule has 1 aliphatic heterocycles. The molecule has 6 heteroatoms. The third-order valence-corrected chi connectivity index (χ3v) is 4.44. The van der Waals surface area contributed by atoms with Crippen LogP contribution in [0.3, 0.4) is 0 Å². The van der Waals surface area contributed by atoms with Gasteiger partial charge in [-0.15, -0.1) is 0 Å². The van der Waals surface area contributed by atoms with Gasteiger partial charge in [-0.25, -0.2) is 10.9 Å². The highest BCUT2D eigenvalue weighted by Crippen LogP contribution is 2.24. The number of carbonyl (C=O) groups is 1. The Bertz CT molecular complexity index is 716. The number of carbonyl (C=O) groups excluding carboxylic acids is 1. The van der Waals surface area contributed by atoms with Gasteiger partial charge in [0, 0.05) is 12.6 Å². The summed E-state index contributed by atoms with van der Waals surface area (Å²) in [6.45, 7) is 3.10. The Labute approximate surface area is 153 Å². The van der Waals surface area contributed by atoms with Crippen molar-refractivity contribution in [1.29, 1.82) is 0 Å². The lowest BCUT2D eigenvalue weighted by Crippen LogP contribution is -2.42. The van der Waals surface area contributed by atoms with Gasteiger partial charge in [-0.2, -0.15) is 0 Å². The van der Waals surface area contributed by atoms with E-state index in [9.17, 15) is 4.79 Å². The van der Waals surface area contributed by atoms with E-state index in [0.29, 0.717) is 19.6 Å². The molecule has 1 fully saturated rings. The number of hydrogen-bond acceptors (Lipinski definition) is 5. The van der Waals surface area contributed by atoms with Gasteiger partial charge >= 0.3 is 0 Å². The van der Waals surface area contributed by atoms with E-state index < -0.39 is 0 Å². The van der Waals surface area contributed by atoms with Crippen molar-refractivity contribution in [1.82, 2.24) is 16.2 Å². The van der Waals surface area contributed by atoms with Gasteiger partial charge < -0.3 is 14.8 Å². The molecule has 6 nitrogen and oxygen atoms in total. The van der Waals surface area contributed by atoms with Crippen LogP contribution in [-0.2, 0) is 11.3 Å². The fourth-order valence-electron chi connectivity index (χ4n) is 2.97. The van der Waals surface area contributed by atoms with Crippen LogP contribution in [0.4, 0.5) is 0 Å². The molecule has 0 saturated carbocycles. The highest BCUT2D eigenvalue weighted by atomic mass is 16.5. The van der Waals surface area contributed by atoms with Crippen molar-refractivity contribution in [2.24, 2.45) is 0 Å². The van der Waals surface area contributed by atoms with Gasteiger partial charge in [0.2, 0.25) is 5.91 Å². The summed E-state index contributed by atoms with van der Waals surface area (Å²) in [5.74, 6) is 1.65. The Kier molecular flexibility index (Phi) is 6.09. The predicted molar refractivity (Wildman–Crippen MR) is 99.9 cm³/mol. The standard InChI is InChI=1S/C20H25N3O3/c1-3-26-17-8-4-14(5-9-17)13-21-20(24)19-12-18(22-23-19)15-6-10-16(25-2)11-7-15/h4-11,18-19,22-23H,3,12-13H2,1-2H3,(H,21,24). The number of rotatable bonds is 7. The van der Waals surface area contributed by atoms with Gasteiger partial charge in [0.05, 0.1) is 13.7 Å². The zero-order valence-electron chi connectivity index (χ0n) is 15.1. The molecule has 0 spiro atoms. The van der Waals surface area contributed by atoms with Crippen LogP contribution in [0.1, 0.15) is 30.5 Å². The maximum atomic E-state index is 12.4. The van der Waals surface area contributed by atoms with Crippen molar-refractivity contribution in [3.05, 3.63) is 59.7 Å². The molecule has 3 rings (SSSR count). The van der Waals surface area contributed by atoms with Gasteiger partial charge in [0.1, 0.15) is 17.5 Å². The number of amides is 1. The summed E-state index contributed by atoms with van der Waals surface area (Å²) in [4.78, 5) is 12.4. The van der Waals surface area contributed by atoms with Gasteiger partial charge in [-0.3, -0.25) is 4.79 Å². The van der Waals surface area contributed by atoms with Gasteiger partial charge in [-0.1, -0.05) is 24.3 Å². The van der Waals surface area contributed by atoms with Crippen molar-refractivity contribution >= 4 is 5.91 Å². The topological polar surface area (TPSA) is 71.6 Å². The summed E-state index contributed by atoms with van der Waals surface area (Å²) >= 11 is 0. The molecule has 3 N–H and O–H groups in total. The molecule has 138 valence electrons. The summed E-state index contributed by atoms with van der Waals surface area (Å²) in [7, 11) is 1.65. The molecule has 2 unspecified atom stereocenters. The second-order valence-corrected chi connectivity index (χ2v) is 6.20. The molecule has 2 atom stereocenters.